The van der Waals surface area contributed by atoms with Gasteiger partial charge < -0.3 is 0 Å². The molecule has 0 spiro atoms. The third kappa shape index (κ3) is 2.81. The number of unbranched alkanes of at least 4 members (excludes halogenated alkanes) is 1. The van der Waals surface area contributed by atoms with Crippen molar-refractivity contribution in [1.82, 2.24) is 9.13 Å². The molecule has 0 unspecified atom stereocenters. The van der Waals surface area contributed by atoms with Gasteiger partial charge in [0.25, 0.3) is 5.56 Å². The van der Waals surface area contributed by atoms with Crippen LogP contribution in [-0.4, -0.2) is 14.5 Å². The zero-order valence-electron chi connectivity index (χ0n) is 8.99. The van der Waals surface area contributed by atoms with E-state index in [0.29, 0.717) is 6.54 Å². The van der Waals surface area contributed by atoms with Crippen LogP contribution >= 0.6 is 15.9 Å². The average Bonchev–Trinajstić information content (AvgIpc) is 2.20. The predicted octanol–water partition coefficient (Wildman–Crippen LogP) is 1.03. The number of nitrogens with zero attached hydrogens (tertiary/aromatic N) is 2. The minimum atomic E-state index is -0.241. The fourth-order valence-electron chi connectivity index (χ4n) is 1.42. The molecule has 0 aliphatic carbocycles. The molecule has 0 radical (unpaired) electrons. The summed E-state index contributed by atoms with van der Waals surface area (Å²) >= 11 is 3.34. The summed E-state index contributed by atoms with van der Waals surface area (Å²) in [5.74, 6) is 0. The second-order valence-corrected chi connectivity index (χ2v) is 4.31. The highest BCUT2D eigenvalue weighted by Crippen LogP contribution is 1.98. The molecule has 0 bridgehead atoms. The number of aryl methyl sites for hydroxylation is 1. The second kappa shape index (κ2) is 5.30. The van der Waals surface area contributed by atoms with Crippen molar-refractivity contribution in [2.24, 2.45) is 7.05 Å². The Hall–Kier alpha value is -0.840. The smallest absolute Gasteiger partial charge is 0.298 e. The Labute approximate surface area is 96.7 Å². The molecule has 4 nitrogen and oxygen atoms in total. The number of hydrogen-bond donors (Lipinski definition) is 0. The standard InChI is InChI=1S/C10H15BrN2O2/c1-8-7-9(14)12(2)10(15)13(8)6-4-3-5-11/h7H,3-6H2,1-2H3. The van der Waals surface area contributed by atoms with Gasteiger partial charge in [0.15, 0.2) is 0 Å². The minimum absolute atomic E-state index is 0.227. The van der Waals surface area contributed by atoms with E-state index in [1.807, 2.05) is 0 Å². The summed E-state index contributed by atoms with van der Waals surface area (Å²) in [6, 6.07) is 1.50. The van der Waals surface area contributed by atoms with Crippen LogP contribution in [0.1, 0.15) is 18.5 Å². The molecule has 1 aromatic heterocycles. The van der Waals surface area contributed by atoms with Gasteiger partial charge in [0.2, 0.25) is 0 Å². The lowest BCUT2D eigenvalue weighted by atomic mass is 10.3. The normalized spacial score (nSPS) is 10.6. The maximum atomic E-state index is 11.7. The van der Waals surface area contributed by atoms with E-state index in [0.717, 1.165) is 28.4 Å². The molecule has 0 saturated carbocycles. The Morgan fingerprint density at radius 1 is 1.33 bits per heavy atom. The summed E-state index contributed by atoms with van der Waals surface area (Å²) in [4.78, 5) is 23.0. The molecule has 0 N–H and O–H groups in total. The molecular weight excluding hydrogens is 260 g/mol. The second-order valence-electron chi connectivity index (χ2n) is 3.51. The average molecular weight is 275 g/mol. The lowest BCUT2D eigenvalue weighted by Gasteiger charge is -2.10. The van der Waals surface area contributed by atoms with Crippen molar-refractivity contribution in [3.63, 3.8) is 0 Å². The van der Waals surface area contributed by atoms with Crippen molar-refractivity contribution in [3.05, 3.63) is 32.6 Å². The number of alkyl halides is 1. The van der Waals surface area contributed by atoms with E-state index in [1.165, 1.54) is 13.1 Å². The van der Waals surface area contributed by atoms with Gasteiger partial charge in [-0.2, -0.15) is 0 Å². The van der Waals surface area contributed by atoms with Gasteiger partial charge in [0.1, 0.15) is 0 Å². The van der Waals surface area contributed by atoms with Gasteiger partial charge >= 0.3 is 5.69 Å². The van der Waals surface area contributed by atoms with Gasteiger partial charge in [-0.1, -0.05) is 15.9 Å². The fraction of sp³-hybridized carbons (Fsp3) is 0.600. The molecule has 0 amide bonds. The first kappa shape index (κ1) is 12.2. The molecule has 1 aromatic rings. The molecule has 0 aliphatic rings. The summed E-state index contributed by atoms with van der Waals surface area (Å²) in [7, 11) is 1.51. The van der Waals surface area contributed by atoms with Gasteiger partial charge in [-0.25, -0.2) is 4.79 Å². The van der Waals surface area contributed by atoms with Gasteiger partial charge in [-0.15, -0.1) is 0 Å². The van der Waals surface area contributed by atoms with Crippen molar-refractivity contribution in [1.29, 1.82) is 0 Å². The summed E-state index contributed by atoms with van der Waals surface area (Å²) in [6.45, 7) is 2.46. The van der Waals surface area contributed by atoms with Crippen molar-refractivity contribution >= 4 is 15.9 Å². The molecule has 0 aromatic carbocycles. The molecule has 0 fully saturated rings. The van der Waals surface area contributed by atoms with Crippen LogP contribution in [0.25, 0.3) is 0 Å². The SMILES string of the molecule is Cc1cc(=O)n(C)c(=O)n1CCCCBr. The summed E-state index contributed by atoms with van der Waals surface area (Å²) in [5.41, 5.74) is 0.265. The highest BCUT2D eigenvalue weighted by Gasteiger charge is 2.04. The summed E-state index contributed by atoms with van der Waals surface area (Å²) < 4.78 is 2.78. The van der Waals surface area contributed by atoms with E-state index in [1.54, 1.807) is 11.5 Å². The van der Waals surface area contributed by atoms with Crippen molar-refractivity contribution in [2.75, 3.05) is 5.33 Å². The third-order valence-electron chi connectivity index (χ3n) is 2.37. The van der Waals surface area contributed by atoms with Crippen LogP contribution in [0.2, 0.25) is 0 Å². The number of halogens is 1. The molecule has 84 valence electrons. The van der Waals surface area contributed by atoms with Crippen molar-refractivity contribution < 1.29 is 0 Å². The van der Waals surface area contributed by atoms with E-state index in [9.17, 15) is 9.59 Å². The Balaban J connectivity index is 3.03. The summed E-state index contributed by atoms with van der Waals surface area (Å²) in [6.07, 6.45) is 1.96. The summed E-state index contributed by atoms with van der Waals surface area (Å²) in [5, 5.41) is 0.937. The molecule has 1 heterocycles. The molecule has 1 rings (SSSR count). The highest BCUT2D eigenvalue weighted by molar-refractivity contribution is 9.09. The lowest BCUT2D eigenvalue weighted by Crippen LogP contribution is -2.38. The molecule has 0 saturated heterocycles. The van der Waals surface area contributed by atoms with E-state index in [-0.39, 0.29) is 11.2 Å². The fourth-order valence-corrected chi connectivity index (χ4v) is 1.81. The van der Waals surface area contributed by atoms with Crippen LogP contribution in [0.4, 0.5) is 0 Å². The molecule has 0 aliphatic heterocycles. The maximum Gasteiger partial charge on any atom is 0.330 e. The zero-order chi connectivity index (χ0) is 11.4. The van der Waals surface area contributed by atoms with Crippen LogP contribution in [0.15, 0.2) is 15.7 Å². The van der Waals surface area contributed by atoms with E-state index >= 15 is 0 Å². The zero-order valence-corrected chi connectivity index (χ0v) is 10.6. The molecule has 5 heteroatoms. The van der Waals surface area contributed by atoms with Crippen LogP contribution < -0.4 is 11.2 Å². The Morgan fingerprint density at radius 3 is 2.60 bits per heavy atom. The Kier molecular flexibility index (Phi) is 4.32. The van der Waals surface area contributed by atoms with Gasteiger partial charge in [-0.05, 0) is 19.8 Å². The number of aromatic nitrogens is 2. The first-order valence-corrected chi connectivity index (χ1v) is 6.03. The maximum absolute atomic E-state index is 11.7. The van der Waals surface area contributed by atoms with Crippen molar-refractivity contribution in [2.45, 2.75) is 26.3 Å². The quantitative estimate of drug-likeness (QED) is 0.608. The van der Waals surface area contributed by atoms with Gasteiger partial charge in [0.05, 0.1) is 0 Å². The predicted molar refractivity (Wildman–Crippen MR) is 63.7 cm³/mol. The van der Waals surface area contributed by atoms with Crippen LogP contribution in [-0.2, 0) is 13.6 Å². The van der Waals surface area contributed by atoms with E-state index < -0.39 is 0 Å². The highest BCUT2D eigenvalue weighted by atomic mass is 79.9. The molecule has 15 heavy (non-hydrogen) atoms. The Bertz CT molecular complexity index is 448. The third-order valence-corrected chi connectivity index (χ3v) is 2.93. The lowest BCUT2D eigenvalue weighted by molar-refractivity contribution is 0.555. The number of hydrogen-bond acceptors (Lipinski definition) is 2. The van der Waals surface area contributed by atoms with Gasteiger partial charge in [0, 0.05) is 30.7 Å². The number of rotatable bonds is 4. The topological polar surface area (TPSA) is 44.0 Å². The van der Waals surface area contributed by atoms with Crippen LogP contribution in [0.3, 0.4) is 0 Å². The Morgan fingerprint density at radius 2 is 2.00 bits per heavy atom. The molecular formula is C10H15BrN2O2. The largest absolute Gasteiger partial charge is 0.330 e. The van der Waals surface area contributed by atoms with E-state index in [4.69, 9.17) is 0 Å². The monoisotopic (exact) mass is 274 g/mol. The first-order valence-electron chi connectivity index (χ1n) is 4.91. The van der Waals surface area contributed by atoms with Gasteiger partial charge in [-0.3, -0.25) is 13.9 Å². The van der Waals surface area contributed by atoms with E-state index in [2.05, 4.69) is 15.9 Å². The van der Waals surface area contributed by atoms with Crippen molar-refractivity contribution in [3.8, 4) is 0 Å². The van der Waals surface area contributed by atoms with Crippen LogP contribution in [0.5, 0.6) is 0 Å². The minimum Gasteiger partial charge on any atom is -0.298 e. The molecule has 0 atom stereocenters. The first-order chi connectivity index (χ1) is 7.07. The van der Waals surface area contributed by atoms with Crippen LogP contribution in [0, 0.1) is 6.92 Å².